The lowest BCUT2D eigenvalue weighted by Crippen LogP contribution is -2.20. The van der Waals surface area contributed by atoms with Gasteiger partial charge in [-0.05, 0) is 47.5 Å². The van der Waals surface area contributed by atoms with Gasteiger partial charge in [0, 0.05) is 48.7 Å². The summed E-state index contributed by atoms with van der Waals surface area (Å²) < 4.78 is 19.2. The van der Waals surface area contributed by atoms with Gasteiger partial charge in [0.2, 0.25) is 0 Å². The van der Waals surface area contributed by atoms with Crippen LogP contribution in [0.3, 0.4) is 0 Å². The molecule has 140 valence electrons. The molecule has 4 nitrogen and oxygen atoms in total. The van der Waals surface area contributed by atoms with Crippen LogP contribution < -0.4 is 10.1 Å². The van der Waals surface area contributed by atoms with Gasteiger partial charge in [0.1, 0.15) is 18.2 Å². The Kier molecular flexibility index (Phi) is 5.54. The van der Waals surface area contributed by atoms with Crippen LogP contribution in [0, 0.1) is 5.82 Å². The van der Waals surface area contributed by atoms with Crippen molar-refractivity contribution in [2.24, 2.45) is 0 Å². The molecule has 0 amide bonds. The Hall–Kier alpha value is -3.31. The predicted molar refractivity (Wildman–Crippen MR) is 109 cm³/mol. The minimum Gasteiger partial charge on any atom is -0.492 e. The molecular formula is C23H20FN3O. The Labute approximate surface area is 163 Å². The van der Waals surface area contributed by atoms with Crippen LogP contribution >= 0.6 is 0 Å². The summed E-state index contributed by atoms with van der Waals surface area (Å²) in [5.74, 6) is 0.560. The maximum absolute atomic E-state index is 13.4. The van der Waals surface area contributed by atoms with Crippen molar-refractivity contribution in [2.45, 2.75) is 6.54 Å². The Bertz CT molecular complexity index is 1080. The van der Waals surface area contributed by atoms with E-state index in [0.717, 1.165) is 33.3 Å². The van der Waals surface area contributed by atoms with Crippen molar-refractivity contribution < 1.29 is 9.13 Å². The van der Waals surface area contributed by atoms with E-state index < -0.39 is 0 Å². The van der Waals surface area contributed by atoms with Crippen molar-refractivity contribution in [2.75, 3.05) is 13.2 Å². The van der Waals surface area contributed by atoms with Gasteiger partial charge in [0.25, 0.3) is 0 Å². The highest BCUT2D eigenvalue weighted by Gasteiger charge is 2.02. The average Bonchev–Trinajstić information content (AvgIpc) is 2.74. The molecule has 4 rings (SSSR count). The van der Waals surface area contributed by atoms with Crippen molar-refractivity contribution in [3.05, 3.63) is 90.6 Å². The molecule has 0 aliphatic rings. The number of hydrogen-bond donors (Lipinski definition) is 1. The van der Waals surface area contributed by atoms with Crippen LogP contribution in [-0.4, -0.2) is 23.1 Å². The molecule has 2 aromatic heterocycles. The van der Waals surface area contributed by atoms with E-state index in [1.54, 1.807) is 18.5 Å². The van der Waals surface area contributed by atoms with E-state index in [-0.39, 0.29) is 5.82 Å². The minimum absolute atomic E-state index is 0.248. The van der Waals surface area contributed by atoms with Gasteiger partial charge in [-0.3, -0.25) is 9.97 Å². The normalized spacial score (nSPS) is 10.9. The number of hydrogen-bond acceptors (Lipinski definition) is 4. The largest absolute Gasteiger partial charge is 0.492 e. The first-order chi connectivity index (χ1) is 13.8. The van der Waals surface area contributed by atoms with Crippen LogP contribution in [-0.2, 0) is 6.54 Å². The molecule has 0 bridgehead atoms. The molecule has 2 heterocycles. The highest BCUT2D eigenvalue weighted by Crippen LogP contribution is 2.20. The van der Waals surface area contributed by atoms with Gasteiger partial charge < -0.3 is 10.1 Å². The minimum atomic E-state index is -0.248. The molecule has 0 spiro atoms. The number of fused-ring (bicyclic) bond motifs is 1. The van der Waals surface area contributed by atoms with Gasteiger partial charge >= 0.3 is 0 Å². The van der Waals surface area contributed by atoms with Crippen molar-refractivity contribution in [1.29, 1.82) is 0 Å². The Balaban J connectivity index is 1.28. The Morgan fingerprint density at radius 2 is 1.89 bits per heavy atom. The van der Waals surface area contributed by atoms with E-state index in [2.05, 4.69) is 15.3 Å². The van der Waals surface area contributed by atoms with Gasteiger partial charge in [0.15, 0.2) is 0 Å². The Morgan fingerprint density at radius 1 is 0.929 bits per heavy atom. The van der Waals surface area contributed by atoms with E-state index in [1.165, 1.54) is 12.1 Å². The molecule has 0 fully saturated rings. The summed E-state index contributed by atoms with van der Waals surface area (Å²) in [5, 5.41) is 4.44. The van der Waals surface area contributed by atoms with Gasteiger partial charge in [-0.1, -0.05) is 18.2 Å². The molecule has 0 aliphatic heterocycles. The van der Waals surface area contributed by atoms with Crippen molar-refractivity contribution in [3.8, 4) is 16.9 Å². The summed E-state index contributed by atoms with van der Waals surface area (Å²) in [7, 11) is 0. The highest BCUT2D eigenvalue weighted by molar-refractivity contribution is 5.79. The van der Waals surface area contributed by atoms with Crippen molar-refractivity contribution in [3.63, 3.8) is 0 Å². The zero-order chi connectivity index (χ0) is 19.2. The topological polar surface area (TPSA) is 47.0 Å². The summed E-state index contributed by atoms with van der Waals surface area (Å²) in [6.45, 7) is 1.92. The van der Waals surface area contributed by atoms with Crippen LogP contribution in [0.15, 0.2) is 79.3 Å². The van der Waals surface area contributed by atoms with Crippen molar-refractivity contribution >= 4 is 10.9 Å². The van der Waals surface area contributed by atoms with Gasteiger partial charge in [-0.15, -0.1) is 0 Å². The molecule has 0 atom stereocenters. The second-order valence-electron chi connectivity index (χ2n) is 6.48. The molecule has 0 aliphatic carbocycles. The van der Waals surface area contributed by atoms with E-state index >= 15 is 0 Å². The lowest BCUT2D eigenvalue weighted by molar-refractivity contribution is 0.314. The average molecular weight is 373 g/mol. The molecule has 0 unspecified atom stereocenters. The maximum Gasteiger partial charge on any atom is 0.123 e. The number of nitrogens with one attached hydrogen (secondary N) is 1. The van der Waals surface area contributed by atoms with Gasteiger partial charge in [0.05, 0.1) is 5.52 Å². The van der Waals surface area contributed by atoms with E-state index in [4.69, 9.17) is 4.74 Å². The number of halogens is 1. The predicted octanol–water partition coefficient (Wildman–Crippen LogP) is 4.60. The fourth-order valence-corrected chi connectivity index (χ4v) is 3.02. The highest BCUT2D eigenvalue weighted by atomic mass is 19.1. The zero-order valence-electron chi connectivity index (χ0n) is 15.3. The second-order valence-corrected chi connectivity index (χ2v) is 6.48. The van der Waals surface area contributed by atoms with Crippen LogP contribution in [0.4, 0.5) is 4.39 Å². The first-order valence-corrected chi connectivity index (χ1v) is 9.16. The smallest absolute Gasteiger partial charge is 0.123 e. The van der Waals surface area contributed by atoms with Crippen LogP contribution in [0.5, 0.6) is 5.75 Å². The Morgan fingerprint density at radius 3 is 2.82 bits per heavy atom. The lowest BCUT2D eigenvalue weighted by atomic mass is 10.1. The standard InChI is InChI=1S/C23H20FN3O/c24-21-5-1-3-19(12-21)20-11-17(15-26-16-20)14-25-9-10-28-22-7-6-18-4-2-8-27-23(18)13-22/h1-8,11-13,15-16,25H,9-10,14H2. The number of benzene rings is 2. The second kappa shape index (κ2) is 8.59. The molecule has 0 radical (unpaired) electrons. The SMILES string of the molecule is Fc1cccc(-c2cncc(CNCCOc3ccc4cccnc4c3)c2)c1. The van der Waals surface area contributed by atoms with Gasteiger partial charge in [-0.25, -0.2) is 4.39 Å². The van der Waals surface area contributed by atoms with E-state index in [0.29, 0.717) is 19.7 Å². The quantitative estimate of drug-likeness (QED) is 0.481. The van der Waals surface area contributed by atoms with Crippen molar-refractivity contribution in [1.82, 2.24) is 15.3 Å². The molecule has 4 aromatic rings. The summed E-state index contributed by atoms with van der Waals surface area (Å²) in [6, 6.07) is 18.4. The third-order valence-electron chi connectivity index (χ3n) is 4.41. The lowest BCUT2D eigenvalue weighted by Gasteiger charge is -2.09. The molecule has 2 aromatic carbocycles. The number of pyridine rings is 2. The number of ether oxygens (including phenoxy) is 1. The maximum atomic E-state index is 13.4. The third kappa shape index (κ3) is 4.50. The molecular weight excluding hydrogens is 353 g/mol. The van der Waals surface area contributed by atoms with Crippen LogP contribution in [0.25, 0.3) is 22.0 Å². The zero-order valence-corrected chi connectivity index (χ0v) is 15.3. The van der Waals surface area contributed by atoms with Crippen LogP contribution in [0.1, 0.15) is 5.56 Å². The summed E-state index contributed by atoms with van der Waals surface area (Å²) in [6.07, 6.45) is 5.33. The number of rotatable bonds is 7. The first kappa shape index (κ1) is 18.1. The fraction of sp³-hybridized carbons (Fsp3) is 0.130. The summed E-state index contributed by atoms with van der Waals surface area (Å²) in [5.41, 5.74) is 3.69. The fourth-order valence-electron chi connectivity index (χ4n) is 3.02. The third-order valence-corrected chi connectivity index (χ3v) is 4.41. The summed E-state index contributed by atoms with van der Waals surface area (Å²) >= 11 is 0. The molecule has 5 heteroatoms. The molecule has 0 saturated heterocycles. The molecule has 1 N–H and O–H groups in total. The molecule has 28 heavy (non-hydrogen) atoms. The van der Waals surface area contributed by atoms with Crippen LogP contribution in [0.2, 0.25) is 0 Å². The summed E-state index contributed by atoms with van der Waals surface area (Å²) in [4.78, 5) is 8.60. The number of nitrogens with zero attached hydrogens (tertiary/aromatic N) is 2. The van der Waals surface area contributed by atoms with E-state index in [9.17, 15) is 4.39 Å². The van der Waals surface area contributed by atoms with Gasteiger partial charge in [-0.2, -0.15) is 0 Å². The first-order valence-electron chi connectivity index (χ1n) is 9.16. The van der Waals surface area contributed by atoms with E-state index in [1.807, 2.05) is 48.7 Å². The number of aromatic nitrogens is 2. The monoisotopic (exact) mass is 373 g/mol. The molecule has 0 saturated carbocycles.